The number of carbonyl (C=O) groups excluding carboxylic acids is 1. The quantitative estimate of drug-likeness (QED) is 0.791. The highest BCUT2D eigenvalue weighted by Crippen LogP contribution is 2.16. The Hall–Kier alpha value is -0.620. The van der Waals surface area contributed by atoms with Crippen LogP contribution in [0.2, 0.25) is 0 Å². The molecular weight excluding hydrogens is 327 g/mol. The molecule has 3 nitrogen and oxygen atoms in total. The third kappa shape index (κ3) is 2.98. The summed E-state index contributed by atoms with van der Waals surface area (Å²) in [5, 5.41) is 3.35. The predicted octanol–water partition coefficient (Wildman–Crippen LogP) is 2.03. The third-order valence-electron chi connectivity index (χ3n) is 3.09. The molecule has 0 aromatic heterocycles. The lowest BCUT2D eigenvalue weighted by molar-refractivity contribution is 0.0708. The Morgan fingerprint density at radius 1 is 1.53 bits per heavy atom. The van der Waals surface area contributed by atoms with E-state index in [4.69, 9.17) is 0 Å². The molecule has 1 aromatic carbocycles. The molecule has 1 aliphatic heterocycles. The molecule has 1 amide bonds. The summed E-state index contributed by atoms with van der Waals surface area (Å²) < 4.78 is 1.11. The Balaban J connectivity index is 2.21. The largest absolute Gasteiger partial charge is 0.336 e. The minimum atomic E-state index is 0.161. The van der Waals surface area contributed by atoms with Gasteiger partial charge in [0.1, 0.15) is 0 Å². The predicted molar refractivity (Wildman–Crippen MR) is 77.3 cm³/mol. The zero-order valence-corrected chi connectivity index (χ0v) is 12.3. The fourth-order valence-electron chi connectivity index (χ4n) is 2.11. The van der Waals surface area contributed by atoms with Crippen LogP contribution in [0.5, 0.6) is 0 Å². The Morgan fingerprint density at radius 3 is 3.00 bits per heavy atom. The average molecular weight is 344 g/mol. The SMILES string of the molecule is Cc1ccc(I)cc1C(=O)N1CCN[C@H](C)C1. The molecule has 1 aliphatic rings. The van der Waals surface area contributed by atoms with E-state index in [1.54, 1.807) is 0 Å². The zero-order chi connectivity index (χ0) is 12.4. The number of amides is 1. The summed E-state index contributed by atoms with van der Waals surface area (Å²) in [6, 6.07) is 6.41. The molecule has 0 radical (unpaired) electrons. The van der Waals surface area contributed by atoms with E-state index in [2.05, 4.69) is 34.8 Å². The van der Waals surface area contributed by atoms with Crippen molar-refractivity contribution < 1.29 is 4.79 Å². The number of piperazine rings is 1. The molecule has 0 spiro atoms. The lowest BCUT2D eigenvalue weighted by Gasteiger charge is -2.32. The molecule has 0 unspecified atom stereocenters. The van der Waals surface area contributed by atoms with Crippen LogP contribution < -0.4 is 5.32 Å². The standard InChI is InChI=1S/C13H17IN2O/c1-9-3-4-11(14)7-12(9)13(17)16-6-5-15-10(2)8-16/h3-4,7,10,15H,5-6,8H2,1-2H3/t10-/m1/s1. The second-order valence-corrected chi connectivity index (χ2v) is 5.81. The van der Waals surface area contributed by atoms with Crippen LogP contribution in [0, 0.1) is 10.5 Å². The maximum absolute atomic E-state index is 12.4. The molecular formula is C13H17IN2O. The van der Waals surface area contributed by atoms with Gasteiger partial charge in [-0.15, -0.1) is 0 Å². The van der Waals surface area contributed by atoms with Crippen LogP contribution in [0.15, 0.2) is 18.2 Å². The van der Waals surface area contributed by atoms with Crippen molar-refractivity contribution in [2.75, 3.05) is 19.6 Å². The summed E-state index contributed by atoms with van der Waals surface area (Å²) in [5.41, 5.74) is 1.90. The van der Waals surface area contributed by atoms with E-state index in [1.165, 1.54) is 0 Å². The zero-order valence-electron chi connectivity index (χ0n) is 10.2. The average Bonchev–Trinajstić information content (AvgIpc) is 2.31. The Labute approximate surface area is 116 Å². The molecule has 1 heterocycles. The summed E-state index contributed by atoms with van der Waals surface area (Å²) in [5.74, 6) is 0.161. The maximum atomic E-state index is 12.4. The van der Waals surface area contributed by atoms with E-state index in [-0.39, 0.29) is 5.91 Å². The lowest BCUT2D eigenvalue weighted by Crippen LogP contribution is -2.51. The summed E-state index contributed by atoms with van der Waals surface area (Å²) in [7, 11) is 0. The van der Waals surface area contributed by atoms with E-state index < -0.39 is 0 Å². The fourth-order valence-corrected chi connectivity index (χ4v) is 2.60. The minimum Gasteiger partial charge on any atom is -0.336 e. The monoisotopic (exact) mass is 344 g/mol. The van der Waals surface area contributed by atoms with Crippen molar-refractivity contribution in [1.29, 1.82) is 0 Å². The minimum absolute atomic E-state index is 0.161. The van der Waals surface area contributed by atoms with Crippen LogP contribution in [0.3, 0.4) is 0 Å². The highest BCUT2D eigenvalue weighted by molar-refractivity contribution is 14.1. The molecule has 4 heteroatoms. The van der Waals surface area contributed by atoms with Crippen molar-refractivity contribution in [1.82, 2.24) is 10.2 Å². The molecule has 2 rings (SSSR count). The van der Waals surface area contributed by atoms with Crippen molar-refractivity contribution >= 4 is 28.5 Å². The van der Waals surface area contributed by atoms with Crippen LogP contribution in [0.4, 0.5) is 0 Å². The van der Waals surface area contributed by atoms with E-state index in [1.807, 2.05) is 30.0 Å². The first kappa shape index (κ1) is 12.8. The van der Waals surface area contributed by atoms with Gasteiger partial charge in [-0.05, 0) is 54.1 Å². The number of aryl methyl sites for hydroxylation is 1. The number of nitrogens with zero attached hydrogens (tertiary/aromatic N) is 1. The molecule has 1 N–H and O–H groups in total. The molecule has 17 heavy (non-hydrogen) atoms. The molecule has 1 atom stereocenters. The van der Waals surface area contributed by atoms with Crippen molar-refractivity contribution in [3.63, 3.8) is 0 Å². The van der Waals surface area contributed by atoms with Gasteiger partial charge in [0, 0.05) is 34.8 Å². The van der Waals surface area contributed by atoms with Crippen LogP contribution in [0.25, 0.3) is 0 Å². The summed E-state index contributed by atoms with van der Waals surface area (Å²) in [4.78, 5) is 14.4. The molecule has 1 aromatic rings. The van der Waals surface area contributed by atoms with Crippen molar-refractivity contribution in [3.05, 3.63) is 32.9 Å². The van der Waals surface area contributed by atoms with Crippen molar-refractivity contribution in [2.24, 2.45) is 0 Å². The maximum Gasteiger partial charge on any atom is 0.254 e. The molecule has 0 aliphatic carbocycles. The second-order valence-electron chi connectivity index (χ2n) is 4.57. The summed E-state index contributed by atoms with van der Waals surface area (Å²) in [6.07, 6.45) is 0. The van der Waals surface area contributed by atoms with Crippen LogP contribution in [0.1, 0.15) is 22.8 Å². The topological polar surface area (TPSA) is 32.3 Å². The second kappa shape index (κ2) is 5.35. The van der Waals surface area contributed by atoms with Crippen LogP contribution in [-0.2, 0) is 0 Å². The van der Waals surface area contributed by atoms with E-state index >= 15 is 0 Å². The van der Waals surface area contributed by atoms with E-state index in [9.17, 15) is 4.79 Å². The number of hydrogen-bond donors (Lipinski definition) is 1. The molecule has 0 saturated carbocycles. The van der Waals surface area contributed by atoms with Gasteiger partial charge in [-0.25, -0.2) is 0 Å². The Kier molecular flexibility index (Phi) is 4.04. The molecule has 1 saturated heterocycles. The summed E-state index contributed by atoms with van der Waals surface area (Å²) in [6.45, 7) is 6.59. The molecule has 0 bridgehead atoms. The number of nitrogens with one attached hydrogen (secondary N) is 1. The van der Waals surface area contributed by atoms with E-state index in [0.717, 1.165) is 34.3 Å². The fraction of sp³-hybridized carbons (Fsp3) is 0.462. The number of carbonyl (C=O) groups is 1. The van der Waals surface area contributed by atoms with Gasteiger partial charge in [0.2, 0.25) is 0 Å². The number of rotatable bonds is 1. The van der Waals surface area contributed by atoms with Gasteiger partial charge in [0.25, 0.3) is 5.91 Å². The molecule has 1 fully saturated rings. The van der Waals surface area contributed by atoms with Crippen molar-refractivity contribution in [3.8, 4) is 0 Å². The van der Waals surface area contributed by atoms with Gasteiger partial charge in [-0.1, -0.05) is 6.07 Å². The van der Waals surface area contributed by atoms with Gasteiger partial charge in [-0.3, -0.25) is 4.79 Å². The number of halogens is 1. The Bertz CT molecular complexity index is 433. The Morgan fingerprint density at radius 2 is 2.29 bits per heavy atom. The normalized spacial score (nSPS) is 20.4. The molecule has 92 valence electrons. The highest BCUT2D eigenvalue weighted by atomic mass is 127. The first-order valence-electron chi connectivity index (χ1n) is 5.87. The van der Waals surface area contributed by atoms with E-state index in [0.29, 0.717) is 6.04 Å². The summed E-state index contributed by atoms with van der Waals surface area (Å²) >= 11 is 2.25. The third-order valence-corrected chi connectivity index (χ3v) is 3.76. The van der Waals surface area contributed by atoms with Gasteiger partial charge in [0.15, 0.2) is 0 Å². The van der Waals surface area contributed by atoms with Gasteiger partial charge in [-0.2, -0.15) is 0 Å². The smallest absolute Gasteiger partial charge is 0.254 e. The van der Waals surface area contributed by atoms with Crippen LogP contribution >= 0.6 is 22.6 Å². The van der Waals surface area contributed by atoms with Gasteiger partial charge >= 0.3 is 0 Å². The van der Waals surface area contributed by atoms with Gasteiger partial charge < -0.3 is 10.2 Å². The highest BCUT2D eigenvalue weighted by Gasteiger charge is 2.22. The number of hydrogen-bond acceptors (Lipinski definition) is 2. The number of benzene rings is 1. The van der Waals surface area contributed by atoms with Crippen LogP contribution in [-0.4, -0.2) is 36.5 Å². The first-order valence-corrected chi connectivity index (χ1v) is 6.94. The van der Waals surface area contributed by atoms with Crippen molar-refractivity contribution in [2.45, 2.75) is 19.9 Å². The lowest BCUT2D eigenvalue weighted by atomic mass is 10.1. The first-order chi connectivity index (χ1) is 8.08. The van der Waals surface area contributed by atoms with Gasteiger partial charge in [0.05, 0.1) is 0 Å².